The lowest BCUT2D eigenvalue weighted by atomic mass is 9.92. The number of ether oxygens (including phenoxy) is 1. The van der Waals surface area contributed by atoms with Crippen molar-refractivity contribution in [1.29, 1.82) is 0 Å². The highest BCUT2D eigenvalue weighted by molar-refractivity contribution is 5.68. The summed E-state index contributed by atoms with van der Waals surface area (Å²) in [7, 11) is 0. The van der Waals surface area contributed by atoms with Crippen LogP contribution in [0.3, 0.4) is 0 Å². The largest absolute Gasteiger partial charge is 0.444 e. The van der Waals surface area contributed by atoms with E-state index in [9.17, 15) is 14.7 Å². The molecular weight excluding hydrogens is 424 g/mol. The predicted octanol–water partition coefficient (Wildman–Crippen LogP) is 1.70. The molecule has 0 atom stereocenters. The van der Waals surface area contributed by atoms with Crippen molar-refractivity contribution >= 4 is 11.7 Å². The van der Waals surface area contributed by atoms with Crippen LogP contribution in [-0.4, -0.2) is 54.7 Å². The van der Waals surface area contributed by atoms with Crippen LogP contribution in [0, 0.1) is 0 Å². The molecule has 1 amide bonds. The average molecular weight is 455 g/mol. The molecule has 1 aliphatic rings. The van der Waals surface area contributed by atoms with E-state index in [-0.39, 0.29) is 17.8 Å². The second-order valence-corrected chi connectivity index (χ2v) is 9.47. The molecule has 0 radical (unpaired) electrons. The SMILES string of the molecule is CC(C)(C)OC(=O)NCc1ccc(-c2cnc3c(=O)n(CC4(O)CCNCC4)cnn23)cc1. The van der Waals surface area contributed by atoms with Gasteiger partial charge in [0.1, 0.15) is 11.9 Å². The van der Waals surface area contributed by atoms with Crippen LogP contribution in [-0.2, 0) is 17.8 Å². The van der Waals surface area contributed by atoms with Gasteiger partial charge >= 0.3 is 6.09 Å². The molecule has 2 aromatic heterocycles. The third-order valence-corrected chi connectivity index (χ3v) is 5.58. The molecule has 33 heavy (non-hydrogen) atoms. The molecule has 0 spiro atoms. The normalized spacial score (nSPS) is 16.0. The molecule has 1 aliphatic heterocycles. The van der Waals surface area contributed by atoms with E-state index in [0.717, 1.165) is 24.2 Å². The van der Waals surface area contributed by atoms with E-state index in [2.05, 4.69) is 20.7 Å². The van der Waals surface area contributed by atoms with E-state index in [1.54, 1.807) is 6.20 Å². The lowest BCUT2D eigenvalue weighted by Crippen LogP contribution is -2.46. The van der Waals surface area contributed by atoms with Crippen LogP contribution >= 0.6 is 0 Å². The van der Waals surface area contributed by atoms with Gasteiger partial charge in [-0.3, -0.25) is 9.36 Å². The Kier molecular flexibility index (Phi) is 6.22. The van der Waals surface area contributed by atoms with Crippen LogP contribution in [0.4, 0.5) is 4.79 Å². The van der Waals surface area contributed by atoms with E-state index in [4.69, 9.17) is 4.74 Å². The molecule has 3 N–H and O–H groups in total. The maximum atomic E-state index is 13.0. The van der Waals surface area contributed by atoms with E-state index >= 15 is 0 Å². The summed E-state index contributed by atoms with van der Waals surface area (Å²) < 4.78 is 8.19. The van der Waals surface area contributed by atoms with Gasteiger partial charge in [-0.1, -0.05) is 24.3 Å². The summed E-state index contributed by atoms with van der Waals surface area (Å²) in [6.07, 6.45) is 3.77. The number of carbonyl (C=O) groups is 1. The first-order valence-electron chi connectivity index (χ1n) is 11.1. The van der Waals surface area contributed by atoms with Crippen molar-refractivity contribution in [2.45, 2.75) is 57.9 Å². The fraction of sp³-hybridized carbons (Fsp3) is 0.478. The number of nitrogens with one attached hydrogen (secondary N) is 2. The number of carbonyl (C=O) groups excluding carboxylic acids is 1. The average Bonchev–Trinajstić information content (AvgIpc) is 3.19. The highest BCUT2D eigenvalue weighted by Gasteiger charge is 2.30. The van der Waals surface area contributed by atoms with Gasteiger partial charge in [-0.2, -0.15) is 5.10 Å². The Labute approximate surface area is 191 Å². The molecule has 176 valence electrons. The Balaban J connectivity index is 1.49. The van der Waals surface area contributed by atoms with E-state index in [1.165, 1.54) is 15.4 Å². The maximum Gasteiger partial charge on any atom is 0.407 e. The number of alkyl carbamates (subject to hydrolysis) is 1. The number of aliphatic hydroxyl groups is 1. The number of amides is 1. The molecule has 0 aliphatic carbocycles. The fourth-order valence-electron chi connectivity index (χ4n) is 3.86. The second-order valence-electron chi connectivity index (χ2n) is 9.47. The van der Waals surface area contributed by atoms with Crippen molar-refractivity contribution in [3.05, 3.63) is 52.7 Å². The standard InChI is InChI=1S/C23H30N6O4/c1-22(2,3)33-21(31)26-12-16-4-6-17(7-5-16)18-13-25-19-20(30)28(15-27-29(18)19)14-23(32)8-10-24-11-9-23/h4-7,13,15,24,32H,8-12,14H2,1-3H3,(H,26,31). The number of hydrogen-bond acceptors (Lipinski definition) is 7. The number of fused-ring (bicyclic) bond motifs is 1. The van der Waals surface area contributed by atoms with Crippen molar-refractivity contribution in [3.8, 4) is 11.3 Å². The number of piperidine rings is 1. The number of hydrogen-bond donors (Lipinski definition) is 3. The van der Waals surface area contributed by atoms with Crippen LogP contribution in [0.5, 0.6) is 0 Å². The molecular formula is C23H30N6O4. The van der Waals surface area contributed by atoms with Crippen LogP contribution in [0.15, 0.2) is 41.6 Å². The highest BCUT2D eigenvalue weighted by atomic mass is 16.6. The third-order valence-electron chi connectivity index (χ3n) is 5.58. The summed E-state index contributed by atoms with van der Waals surface area (Å²) in [6, 6.07) is 7.56. The van der Waals surface area contributed by atoms with Crippen LogP contribution in [0.1, 0.15) is 39.2 Å². The Morgan fingerprint density at radius 3 is 2.61 bits per heavy atom. The lowest BCUT2D eigenvalue weighted by Gasteiger charge is -2.32. The van der Waals surface area contributed by atoms with Crippen molar-refractivity contribution in [1.82, 2.24) is 29.8 Å². The zero-order valence-corrected chi connectivity index (χ0v) is 19.2. The van der Waals surface area contributed by atoms with Gasteiger partial charge < -0.3 is 20.5 Å². The highest BCUT2D eigenvalue weighted by Crippen LogP contribution is 2.21. The first kappa shape index (κ1) is 22.9. The minimum absolute atomic E-state index is 0.193. The first-order chi connectivity index (χ1) is 15.6. The van der Waals surface area contributed by atoms with E-state index in [0.29, 0.717) is 25.1 Å². The number of benzene rings is 1. The van der Waals surface area contributed by atoms with Gasteiger partial charge in [-0.25, -0.2) is 14.3 Å². The molecule has 10 heteroatoms. The minimum atomic E-state index is -0.923. The van der Waals surface area contributed by atoms with Crippen LogP contribution < -0.4 is 16.2 Å². The summed E-state index contributed by atoms with van der Waals surface area (Å²) in [5.41, 5.74) is 0.874. The lowest BCUT2D eigenvalue weighted by molar-refractivity contribution is -0.00644. The fourth-order valence-corrected chi connectivity index (χ4v) is 3.86. The second kappa shape index (κ2) is 8.95. The zero-order chi connectivity index (χ0) is 23.6. The summed E-state index contributed by atoms with van der Waals surface area (Å²) >= 11 is 0. The minimum Gasteiger partial charge on any atom is -0.444 e. The molecule has 1 saturated heterocycles. The summed E-state index contributed by atoms with van der Waals surface area (Å²) in [5.74, 6) is 0. The monoisotopic (exact) mass is 454 g/mol. The van der Waals surface area contributed by atoms with Crippen molar-refractivity contribution in [2.75, 3.05) is 13.1 Å². The van der Waals surface area contributed by atoms with Gasteiger partial charge in [0.2, 0.25) is 5.65 Å². The number of nitrogens with zero attached hydrogens (tertiary/aromatic N) is 4. The molecule has 1 aromatic carbocycles. The Morgan fingerprint density at radius 2 is 1.94 bits per heavy atom. The van der Waals surface area contributed by atoms with Crippen molar-refractivity contribution < 1.29 is 14.6 Å². The quantitative estimate of drug-likeness (QED) is 0.536. The summed E-state index contributed by atoms with van der Waals surface area (Å²) in [5, 5.41) is 21.1. The summed E-state index contributed by atoms with van der Waals surface area (Å²) in [6.45, 7) is 7.41. The molecule has 0 bridgehead atoms. The van der Waals surface area contributed by atoms with E-state index in [1.807, 2.05) is 45.0 Å². The van der Waals surface area contributed by atoms with Gasteiger partial charge in [0.15, 0.2) is 0 Å². The molecule has 4 rings (SSSR count). The predicted molar refractivity (Wildman–Crippen MR) is 123 cm³/mol. The number of imidazole rings is 1. The molecule has 0 saturated carbocycles. The maximum absolute atomic E-state index is 13.0. The molecule has 0 unspecified atom stereocenters. The first-order valence-corrected chi connectivity index (χ1v) is 11.1. The van der Waals surface area contributed by atoms with Gasteiger partial charge in [-0.15, -0.1) is 0 Å². The van der Waals surface area contributed by atoms with Crippen molar-refractivity contribution in [3.63, 3.8) is 0 Å². The molecule has 1 fully saturated rings. The van der Waals surface area contributed by atoms with E-state index < -0.39 is 17.3 Å². The Hall–Kier alpha value is -3.24. The molecule has 3 aromatic rings. The number of aromatic nitrogens is 4. The van der Waals surface area contributed by atoms with Gasteiger partial charge in [0.25, 0.3) is 5.56 Å². The molecule has 10 nitrogen and oxygen atoms in total. The smallest absolute Gasteiger partial charge is 0.407 e. The van der Waals surface area contributed by atoms with Crippen LogP contribution in [0.25, 0.3) is 16.9 Å². The third kappa shape index (κ3) is 5.40. The molecule has 3 heterocycles. The van der Waals surface area contributed by atoms with Crippen molar-refractivity contribution in [2.24, 2.45) is 0 Å². The Morgan fingerprint density at radius 1 is 1.24 bits per heavy atom. The van der Waals surface area contributed by atoms with Gasteiger partial charge in [0, 0.05) is 12.1 Å². The Bertz CT molecular complexity index is 1190. The summed E-state index contributed by atoms with van der Waals surface area (Å²) in [4.78, 5) is 29.1. The van der Waals surface area contributed by atoms with Gasteiger partial charge in [-0.05, 0) is 52.3 Å². The number of rotatable bonds is 5. The van der Waals surface area contributed by atoms with Gasteiger partial charge in [0.05, 0.1) is 24.0 Å². The topological polar surface area (TPSA) is 123 Å². The zero-order valence-electron chi connectivity index (χ0n) is 19.2. The van der Waals surface area contributed by atoms with Crippen LogP contribution in [0.2, 0.25) is 0 Å².